The van der Waals surface area contributed by atoms with E-state index >= 15 is 0 Å². The van der Waals surface area contributed by atoms with Crippen LogP contribution in [0.1, 0.15) is 36.5 Å². The van der Waals surface area contributed by atoms with Crippen LogP contribution in [-0.2, 0) is 0 Å². The summed E-state index contributed by atoms with van der Waals surface area (Å²) in [7, 11) is 0. The van der Waals surface area contributed by atoms with Gasteiger partial charge < -0.3 is 10.1 Å². The number of benzene rings is 1. The summed E-state index contributed by atoms with van der Waals surface area (Å²) in [6.45, 7) is 9.69. The highest BCUT2D eigenvalue weighted by molar-refractivity contribution is 9.10. The Bertz CT molecular complexity index is 644. The summed E-state index contributed by atoms with van der Waals surface area (Å²) in [5, 5.41) is 3.27. The molecule has 118 valence electrons. The molecule has 0 saturated heterocycles. The lowest BCUT2D eigenvalue weighted by Gasteiger charge is -2.14. The van der Waals surface area contributed by atoms with E-state index in [2.05, 4.69) is 70.2 Å². The molecule has 1 N–H and O–H groups in total. The molecule has 1 aromatic carbocycles. The largest absolute Gasteiger partial charge is 0.491 e. The number of aryl methyl sites for hydroxylation is 1. The number of aromatic nitrogens is 2. The molecule has 0 saturated carbocycles. The van der Waals surface area contributed by atoms with Gasteiger partial charge in [0.15, 0.2) is 0 Å². The van der Waals surface area contributed by atoms with Crippen molar-refractivity contribution < 1.29 is 4.74 Å². The SMILES string of the molecule is Cc1ccc(C(C)C)cc1OCCNc1ncnc(Br)c1C. The second-order valence-corrected chi connectivity index (χ2v) is 6.34. The number of halogens is 1. The Morgan fingerprint density at radius 2 is 2.00 bits per heavy atom. The fraction of sp³-hybridized carbons (Fsp3) is 0.412. The molecule has 0 fully saturated rings. The molecule has 0 spiro atoms. The van der Waals surface area contributed by atoms with Gasteiger partial charge in [0.05, 0.1) is 6.54 Å². The summed E-state index contributed by atoms with van der Waals surface area (Å²) in [6, 6.07) is 6.41. The van der Waals surface area contributed by atoms with E-state index in [4.69, 9.17) is 4.74 Å². The maximum atomic E-state index is 5.90. The standard InChI is InChI=1S/C17H22BrN3O/c1-11(2)14-6-5-12(3)15(9-14)22-8-7-19-17-13(4)16(18)20-10-21-17/h5-6,9-11H,7-8H2,1-4H3,(H,19,20,21). The van der Waals surface area contributed by atoms with E-state index in [0.29, 0.717) is 19.1 Å². The van der Waals surface area contributed by atoms with Crippen molar-refractivity contribution in [2.75, 3.05) is 18.5 Å². The predicted molar refractivity (Wildman–Crippen MR) is 93.7 cm³/mol. The summed E-state index contributed by atoms with van der Waals surface area (Å²) < 4.78 is 6.71. The minimum absolute atomic E-state index is 0.502. The summed E-state index contributed by atoms with van der Waals surface area (Å²) in [5.74, 6) is 2.29. The van der Waals surface area contributed by atoms with E-state index in [-0.39, 0.29) is 0 Å². The van der Waals surface area contributed by atoms with Gasteiger partial charge in [-0.05, 0) is 52.9 Å². The Hall–Kier alpha value is -1.62. The van der Waals surface area contributed by atoms with E-state index in [1.54, 1.807) is 0 Å². The van der Waals surface area contributed by atoms with Crippen LogP contribution in [0.3, 0.4) is 0 Å². The molecule has 0 bridgehead atoms. The lowest BCUT2D eigenvalue weighted by Crippen LogP contribution is -2.14. The molecule has 0 atom stereocenters. The maximum Gasteiger partial charge on any atom is 0.133 e. The van der Waals surface area contributed by atoms with Crippen LogP contribution in [0.4, 0.5) is 5.82 Å². The van der Waals surface area contributed by atoms with Crippen LogP contribution in [0.5, 0.6) is 5.75 Å². The third-order valence-corrected chi connectivity index (χ3v) is 4.35. The first-order valence-electron chi connectivity index (χ1n) is 7.43. The topological polar surface area (TPSA) is 47.0 Å². The Kier molecular flexibility index (Phi) is 5.77. The van der Waals surface area contributed by atoms with Gasteiger partial charge in [0.25, 0.3) is 0 Å². The zero-order valence-electron chi connectivity index (χ0n) is 13.5. The van der Waals surface area contributed by atoms with Crippen LogP contribution in [0.2, 0.25) is 0 Å². The first-order chi connectivity index (χ1) is 10.5. The summed E-state index contributed by atoms with van der Waals surface area (Å²) >= 11 is 3.40. The highest BCUT2D eigenvalue weighted by Gasteiger charge is 2.06. The Labute approximate surface area is 140 Å². The smallest absolute Gasteiger partial charge is 0.133 e. The fourth-order valence-corrected chi connectivity index (χ4v) is 2.35. The van der Waals surface area contributed by atoms with Crippen molar-refractivity contribution in [1.29, 1.82) is 0 Å². The van der Waals surface area contributed by atoms with Crippen molar-refractivity contribution in [2.45, 2.75) is 33.6 Å². The molecule has 22 heavy (non-hydrogen) atoms. The van der Waals surface area contributed by atoms with Gasteiger partial charge in [-0.3, -0.25) is 0 Å². The zero-order chi connectivity index (χ0) is 16.1. The van der Waals surface area contributed by atoms with Gasteiger partial charge >= 0.3 is 0 Å². The Morgan fingerprint density at radius 1 is 1.23 bits per heavy atom. The monoisotopic (exact) mass is 363 g/mol. The first kappa shape index (κ1) is 16.7. The third kappa shape index (κ3) is 4.19. The molecule has 0 aliphatic rings. The van der Waals surface area contributed by atoms with Gasteiger partial charge in [0, 0.05) is 5.56 Å². The average molecular weight is 364 g/mol. The quantitative estimate of drug-likeness (QED) is 0.607. The minimum Gasteiger partial charge on any atom is -0.491 e. The Balaban J connectivity index is 1.91. The van der Waals surface area contributed by atoms with Crippen LogP contribution in [-0.4, -0.2) is 23.1 Å². The second kappa shape index (κ2) is 7.58. The van der Waals surface area contributed by atoms with E-state index in [1.165, 1.54) is 11.9 Å². The average Bonchev–Trinajstić information content (AvgIpc) is 2.49. The maximum absolute atomic E-state index is 5.90. The van der Waals surface area contributed by atoms with E-state index in [9.17, 15) is 0 Å². The van der Waals surface area contributed by atoms with Crippen LogP contribution in [0.15, 0.2) is 29.1 Å². The van der Waals surface area contributed by atoms with Gasteiger partial charge in [-0.2, -0.15) is 0 Å². The van der Waals surface area contributed by atoms with Crippen LogP contribution < -0.4 is 10.1 Å². The lowest BCUT2D eigenvalue weighted by molar-refractivity contribution is 0.330. The molecule has 0 amide bonds. The highest BCUT2D eigenvalue weighted by atomic mass is 79.9. The summed E-state index contributed by atoms with van der Waals surface area (Å²) in [4.78, 5) is 8.32. The van der Waals surface area contributed by atoms with Crippen molar-refractivity contribution in [1.82, 2.24) is 9.97 Å². The van der Waals surface area contributed by atoms with E-state index in [1.807, 2.05) is 6.92 Å². The van der Waals surface area contributed by atoms with Crippen molar-refractivity contribution >= 4 is 21.7 Å². The van der Waals surface area contributed by atoms with Gasteiger partial charge in [0.1, 0.15) is 29.1 Å². The van der Waals surface area contributed by atoms with Crippen molar-refractivity contribution in [3.05, 3.63) is 45.8 Å². The van der Waals surface area contributed by atoms with E-state index in [0.717, 1.165) is 27.3 Å². The summed E-state index contributed by atoms with van der Waals surface area (Å²) in [6.07, 6.45) is 1.54. The third-order valence-electron chi connectivity index (χ3n) is 3.55. The molecule has 1 heterocycles. The van der Waals surface area contributed by atoms with Gasteiger partial charge in [-0.15, -0.1) is 0 Å². The number of anilines is 1. The number of hydrogen-bond donors (Lipinski definition) is 1. The van der Waals surface area contributed by atoms with Crippen molar-refractivity contribution in [3.8, 4) is 5.75 Å². The highest BCUT2D eigenvalue weighted by Crippen LogP contribution is 2.24. The predicted octanol–water partition coefficient (Wildman–Crippen LogP) is 4.47. The zero-order valence-corrected chi connectivity index (χ0v) is 15.1. The fourth-order valence-electron chi connectivity index (χ4n) is 2.07. The van der Waals surface area contributed by atoms with Crippen LogP contribution >= 0.6 is 15.9 Å². The number of ether oxygens (including phenoxy) is 1. The molecule has 0 aliphatic carbocycles. The molecule has 0 radical (unpaired) electrons. The molecule has 4 nitrogen and oxygen atoms in total. The normalized spacial score (nSPS) is 10.8. The van der Waals surface area contributed by atoms with Gasteiger partial charge in [-0.1, -0.05) is 26.0 Å². The van der Waals surface area contributed by atoms with Gasteiger partial charge in [-0.25, -0.2) is 9.97 Å². The summed E-state index contributed by atoms with van der Waals surface area (Å²) in [5.41, 5.74) is 3.45. The molecule has 0 aliphatic heterocycles. The molecule has 2 aromatic rings. The number of hydrogen-bond acceptors (Lipinski definition) is 4. The molecular formula is C17H22BrN3O. The molecular weight excluding hydrogens is 342 g/mol. The first-order valence-corrected chi connectivity index (χ1v) is 8.22. The van der Waals surface area contributed by atoms with Crippen LogP contribution in [0.25, 0.3) is 0 Å². The minimum atomic E-state index is 0.502. The van der Waals surface area contributed by atoms with Crippen LogP contribution in [0, 0.1) is 13.8 Å². The lowest BCUT2D eigenvalue weighted by atomic mass is 10.0. The van der Waals surface area contributed by atoms with Gasteiger partial charge in [0.2, 0.25) is 0 Å². The number of rotatable bonds is 6. The number of nitrogens with one attached hydrogen (secondary N) is 1. The number of nitrogens with zero attached hydrogens (tertiary/aromatic N) is 2. The molecule has 2 rings (SSSR count). The Morgan fingerprint density at radius 3 is 2.73 bits per heavy atom. The molecule has 0 unspecified atom stereocenters. The van der Waals surface area contributed by atoms with Crippen molar-refractivity contribution in [2.24, 2.45) is 0 Å². The molecule has 5 heteroatoms. The van der Waals surface area contributed by atoms with E-state index < -0.39 is 0 Å². The molecule has 1 aromatic heterocycles. The van der Waals surface area contributed by atoms with Crippen molar-refractivity contribution in [3.63, 3.8) is 0 Å². The second-order valence-electron chi connectivity index (χ2n) is 5.59.